The Morgan fingerprint density at radius 3 is 2.50 bits per heavy atom. The van der Waals surface area contributed by atoms with Crippen LogP contribution in [-0.2, 0) is 0 Å². The first kappa shape index (κ1) is 21.8. The summed E-state index contributed by atoms with van der Waals surface area (Å²) in [5.41, 5.74) is 2.50. The Kier molecular flexibility index (Phi) is 6.77. The lowest BCUT2D eigenvalue weighted by molar-refractivity contribution is 0.0771. The first-order valence-electron chi connectivity index (χ1n) is 10.1. The molecule has 0 aliphatic heterocycles. The van der Waals surface area contributed by atoms with Crippen molar-refractivity contribution in [2.75, 3.05) is 25.5 Å². The van der Waals surface area contributed by atoms with Crippen LogP contribution in [0.2, 0.25) is 5.02 Å². The molecule has 2 aromatic carbocycles. The zero-order valence-corrected chi connectivity index (χ0v) is 18.7. The SMILES string of the molecule is CCN(CC)C(=O)c1c(OC)c(-c2ccccc2Cl)cc2cnc(NC(C)C)nc12. The van der Waals surface area contributed by atoms with Crippen molar-refractivity contribution in [3.05, 3.63) is 47.1 Å². The van der Waals surface area contributed by atoms with Gasteiger partial charge in [-0.2, -0.15) is 0 Å². The maximum Gasteiger partial charge on any atom is 0.259 e. The molecule has 0 saturated heterocycles. The van der Waals surface area contributed by atoms with Crippen molar-refractivity contribution in [3.63, 3.8) is 0 Å². The fraction of sp³-hybridized carbons (Fsp3) is 0.348. The molecular formula is C23H27ClN4O2. The van der Waals surface area contributed by atoms with Gasteiger partial charge in [-0.25, -0.2) is 9.97 Å². The number of halogens is 1. The molecule has 0 saturated carbocycles. The fourth-order valence-electron chi connectivity index (χ4n) is 3.45. The Balaban J connectivity index is 2.37. The molecule has 1 N–H and O–H groups in total. The highest BCUT2D eigenvalue weighted by atomic mass is 35.5. The maximum absolute atomic E-state index is 13.5. The van der Waals surface area contributed by atoms with E-state index in [1.807, 2.05) is 58.0 Å². The summed E-state index contributed by atoms with van der Waals surface area (Å²) >= 11 is 6.48. The van der Waals surface area contributed by atoms with Crippen LogP contribution in [0.15, 0.2) is 36.5 Å². The largest absolute Gasteiger partial charge is 0.495 e. The normalized spacial score (nSPS) is 11.0. The highest BCUT2D eigenvalue weighted by Crippen LogP contribution is 2.41. The number of amides is 1. The highest BCUT2D eigenvalue weighted by molar-refractivity contribution is 6.33. The minimum atomic E-state index is -0.134. The molecule has 3 rings (SSSR count). The van der Waals surface area contributed by atoms with Crippen LogP contribution < -0.4 is 10.1 Å². The van der Waals surface area contributed by atoms with E-state index < -0.39 is 0 Å². The van der Waals surface area contributed by atoms with Gasteiger partial charge in [0.1, 0.15) is 11.3 Å². The van der Waals surface area contributed by atoms with E-state index in [1.54, 1.807) is 18.2 Å². The second kappa shape index (κ2) is 9.30. The van der Waals surface area contributed by atoms with Crippen molar-refractivity contribution >= 4 is 34.4 Å². The summed E-state index contributed by atoms with van der Waals surface area (Å²) in [5.74, 6) is 0.797. The fourth-order valence-corrected chi connectivity index (χ4v) is 3.68. The van der Waals surface area contributed by atoms with Crippen molar-refractivity contribution in [1.29, 1.82) is 0 Å². The second-order valence-electron chi connectivity index (χ2n) is 7.22. The lowest BCUT2D eigenvalue weighted by Crippen LogP contribution is -2.31. The predicted molar refractivity (Wildman–Crippen MR) is 123 cm³/mol. The van der Waals surface area contributed by atoms with E-state index in [2.05, 4.69) is 15.3 Å². The molecule has 7 heteroatoms. The number of hydrogen-bond donors (Lipinski definition) is 1. The van der Waals surface area contributed by atoms with E-state index in [0.717, 1.165) is 16.5 Å². The van der Waals surface area contributed by atoms with Gasteiger partial charge in [0, 0.05) is 46.9 Å². The van der Waals surface area contributed by atoms with E-state index in [9.17, 15) is 4.79 Å². The Morgan fingerprint density at radius 1 is 1.20 bits per heavy atom. The first-order valence-corrected chi connectivity index (χ1v) is 10.5. The van der Waals surface area contributed by atoms with Crippen LogP contribution in [-0.4, -0.2) is 47.0 Å². The van der Waals surface area contributed by atoms with Gasteiger partial charge in [0.05, 0.1) is 12.6 Å². The molecule has 0 unspecified atom stereocenters. The van der Waals surface area contributed by atoms with Gasteiger partial charge >= 0.3 is 0 Å². The average Bonchev–Trinajstić information content (AvgIpc) is 2.73. The lowest BCUT2D eigenvalue weighted by Gasteiger charge is -2.23. The summed E-state index contributed by atoms with van der Waals surface area (Å²) in [6, 6.07) is 9.59. The van der Waals surface area contributed by atoms with E-state index in [4.69, 9.17) is 16.3 Å². The van der Waals surface area contributed by atoms with Crippen molar-refractivity contribution in [2.45, 2.75) is 33.7 Å². The maximum atomic E-state index is 13.5. The Bertz CT molecular complexity index is 1060. The van der Waals surface area contributed by atoms with E-state index in [-0.39, 0.29) is 11.9 Å². The molecular weight excluding hydrogens is 400 g/mol. The van der Waals surface area contributed by atoms with E-state index in [0.29, 0.717) is 40.9 Å². The number of hydrogen-bond acceptors (Lipinski definition) is 5. The Morgan fingerprint density at radius 2 is 1.90 bits per heavy atom. The number of nitrogens with zero attached hydrogens (tertiary/aromatic N) is 3. The second-order valence-corrected chi connectivity index (χ2v) is 7.63. The number of aromatic nitrogens is 2. The Labute approximate surface area is 182 Å². The number of fused-ring (bicyclic) bond motifs is 1. The van der Waals surface area contributed by atoms with Crippen molar-refractivity contribution in [1.82, 2.24) is 14.9 Å². The summed E-state index contributed by atoms with van der Waals surface area (Å²) in [5, 5.41) is 4.53. The zero-order chi connectivity index (χ0) is 21.8. The Hall–Kier alpha value is -2.86. The van der Waals surface area contributed by atoms with Crippen LogP contribution in [0.25, 0.3) is 22.0 Å². The van der Waals surface area contributed by atoms with E-state index >= 15 is 0 Å². The van der Waals surface area contributed by atoms with Gasteiger partial charge in [-0.15, -0.1) is 0 Å². The van der Waals surface area contributed by atoms with Crippen LogP contribution in [0.3, 0.4) is 0 Å². The molecule has 3 aromatic rings. The van der Waals surface area contributed by atoms with Gasteiger partial charge in [-0.05, 0) is 39.8 Å². The molecule has 1 amide bonds. The molecule has 0 bridgehead atoms. The van der Waals surface area contributed by atoms with Crippen LogP contribution in [0.1, 0.15) is 38.1 Å². The number of anilines is 1. The number of methoxy groups -OCH3 is 1. The van der Waals surface area contributed by atoms with Gasteiger partial charge in [-0.3, -0.25) is 4.79 Å². The predicted octanol–water partition coefficient (Wildman–Crippen LogP) is 5.26. The van der Waals surface area contributed by atoms with Gasteiger partial charge in [-0.1, -0.05) is 29.8 Å². The van der Waals surface area contributed by atoms with Gasteiger partial charge in [0.25, 0.3) is 5.91 Å². The standard InChI is InChI=1S/C23H27ClN4O2/c1-6-28(7-2)22(29)19-20-15(13-25-23(27-20)26-14(3)4)12-17(21(19)30-5)16-10-8-9-11-18(16)24/h8-14H,6-7H2,1-5H3,(H,25,26,27). The molecule has 0 fully saturated rings. The minimum absolute atomic E-state index is 0.134. The van der Waals surface area contributed by atoms with Gasteiger partial charge in [0.15, 0.2) is 0 Å². The summed E-state index contributed by atoms with van der Waals surface area (Å²) in [4.78, 5) is 24.4. The number of ether oxygens (including phenoxy) is 1. The summed E-state index contributed by atoms with van der Waals surface area (Å²) in [7, 11) is 1.56. The third-order valence-electron chi connectivity index (χ3n) is 4.88. The molecule has 30 heavy (non-hydrogen) atoms. The minimum Gasteiger partial charge on any atom is -0.495 e. The lowest BCUT2D eigenvalue weighted by atomic mass is 9.97. The smallest absolute Gasteiger partial charge is 0.259 e. The molecule has 6 nitrogen and oxygen atoms in total. The molecule has 1 heterocycles. The van der Waals surface area contributed by atoms with Crippen LogP contribution in [0.5, 0.6) is 5.75 Å². The van der Waals surface area contributed by atoms with Crippen molar-refractivity contribution in [3.8, 4) is 16.9 Å². The quantitative estimate of drug-likeness (QED) is 0.558. The number of benzene rings is 2. The monoisotopic (exact) mass is 426 g/mol. The first-order chi connectivity index (χ1) is 14.4. The van der Waals surface area contributed by atoms with Crippen LogP contribution in [0, 0.1) is 0 Å². The summed E-state index contributed by atoms with van der Waals surface area (Å²) in [6.07, 6.45) is 1.73. The number of rotatable bonds is 7. The van der Waals surface area contributed by atoms with Gasteiger partial charge in [0.2, 0.25) is 5.95 Å². The third-order valence-corrected chi connectivity index (χ3v) is 5.21. The topological polar surface area (TPSA) is 67.4 Å². The van der Waals surface area contributed by atoms with Gasteiger partial charge < -0.3 is 15.0 Å². The molecule has 0 atom stereocenters. The summed E-state index contributed by atoms with van der Waals surface area (Å²) in [6.45, 7) is 9.09. The van der Waals surface area contributed by atoms with Crippen LogP contribution >= 0.6 is 11.6 Å². The number of nitrogens with one attached hydrogen (secondary N) is 1. The highest BCUT2D eigenvalue weighted by Gasteiger charge is 2.26. The van der Waals surface area contributed by atoms with Crippen molar-refractivity contribution < 1.29 is 9.53 Å². The molecule has 158 valence electrons. The number of carbonyl (C=O) groups is 1. The molecule has 0 aliphatic rings. The molecule has 0 radical (unpaired) electrons. The van der Waals surface area contributed by atoms with Crippen LogP contribution in [0.4, 0.5) is 5.95 Å². The van der Waals surface area contributed by atoms with Crippen molar-refractivity contribution in [2.24, 2.45) is 0 Å². The zero-order valence-electron chi connectivity index (χ0n) is 18.0. The third kappa shape index (κ3) is 4.19. The molecule has 0 spiro atoms. The molecule has 1 aromatic heterocycles. The summed E-state index contributed by atoms with van der Waals surface area (Å²) < 4.78 is 5.79. The van der Waals surface area contributed by atoms with E-state index in [1.165, 1.54) is 0 Å². The average molecular weight is 427 g/mol. The number of carbonyl (C=O) groups excluding carboxylic acids is 1. The molecule has 0 aliphatic carbocycles.